The largest absolute Gasteiger partial charge is 0.391 e. The number of aliphatic hydroxyl groups is 1. The Balaban J connectivity index is 2.63. The average Bonchev–Trinajstić information content (AvgIpc) is 3.10. The highest BCUT2D eigenvalue weighted by molar-refractivity contribution is 5.93. The van der Waals surface area contributed by atoms with Crippen LogP contribution in [0.3, 0.4) is 0 Å². The van der Waals surface area contributed by atoms with Crippen molar-refractivity contribution in [2.75, 3.05) is 6.54 Å². The van der Waals surface area contributed by atoms with Crippen LogP contribution in [-0.4, -0.2) is 71.5 Å². The zero-order valence-corrected chi connectivity index (χ0v) is 20.4. The molecule has 1 heterocycles. The summed E-state index contributed by atoms with van der Waals surface area (Å²) in [5.41, 5.74) is 0. The van der Waals surface area contributed by atoms with Crippen molar-refractivity contribution >= 4 is 29.5 Å². The highest BCUT2D eigenvalue weighted by Gasteiger charge is 2.31. The Bertz CT molecular complexity index is 726. The molecule has 1 aliphatic heterocycles. The molecular formula is C22H39N5O6. The van der Waals surface area contributed by atoms with E-state index in [9.17, 15) is 29.1 Å². The summed E-state index contributed by atoms with van der Waals surface area (Å²) in [5, 5.41) is 23.1. The summed E-state index contributed by atoms with van der Waals surface area (Å²) < 4.78 is 0. The lowest BCUT2D eigenvalue weighted by Gasteiger charge is -2.26. The van der Waals surface area contributed by atoms with Gasteiger partial charge >= 0.3 is 0 Å². The average molecular weight is 470 g/mol. The van der Waals surface area contributed by atoms with Crippen LogP contribution in [0.5, 0.6) is 0 Å². The fourth-order valence-corrected chi connectivity index (χ4v) is 3.59. The summed E-state index contributed by atoms with van der Waals surface area (Å²) in [6.07, 6.45) is 0.467. The van der Waals surface area contributed by atoms with Crippen LogP contribution < -0.4 is 26.6 Å². The van der Waals surface area contributed by atoms with Crippen LogP contribution in [0, 0.1) is 11.8 Å². The van der Waals surface area contributed by atoms with Gasteiger partial charge in [-0.3, -0.25) is 24.0 Å². The third-order valence-corrected chi connectivity index (χ3v) is 5.52. The number of rotatable bonds is 12. The molecule has 0 aromatic rings. The molecule has 1 fully saturated rings. The van der Waals surface area contributed by atoms with E-state index in [1.807, 2.05) is 13.8 Å². The predicted molar refractivity (Wildman–Crippen MR) is 122 cm³/mol. The maximum absolute atomic E-state index is 12.6. The van der Waals surface area contributed by atoms with Gasteiger partial charge in [-0.2, -0.15) is 0 Å². The lowest BCUT2D eigenvalue weighted by atomic mass is 9.95. The first-order chi connectivity index (χ1) is 15.3. The zero-order chi connectivity index (χ0) is 25.3. The summed E-state index contributed by atoms with van der Waals surface area (Å²) in [6, 6.07) is -3.28. The van der Waals surface area contributed by atoms with Gasteiger partial charge in [-0.25, -0.2) is 0 Å². The molecule has 0 bridgehead atoms. The Morgan fingerprint density at radius 3 is 1.94 bits per heavy atom. The van der Waals surface area contributed by atoms with Crippen molar-refractivity contribution in [3.8, 4) is 0 Å². The monoisotopic (exact) mass is 469 g/mol. The number of hydrogen-bond donors (Lipinski definition) is 6. The predicted octanol–water partition coefficient (Wildman–Crippen LogP) is -1.06. The van der Waals surface area contributed by atoms with Crippen molar-refractivity contribution in [2.24, 2.45) is 11.8 Å². The standard InChI is InChI=1S/C22H39N5O6/c1-11(2)9-18(26-15(6)29)22(33)25-12(3)19(30)24-13(4)20(31)27-17(14(5)28)10-16-7-8-23-21(16)32/h11-14,16-18,28H,7-10H2,1-6H3,(H,23,32)(H,24,30)(H,25,33)(H,26,29)(H,27,31)/t12-,13-,14+,16-,17-,18-/m0/s1. The molecule has 5 amide bonds. The molecular weight excluding hydrogens is 430 g/mol. The van der Waals surface area contributed by atoms with E-state index in [0.29, 0.717) is 25.8 Å². The molecule has 0 radical (unpaired) electrons. The highest BCUT2D eigenvalue weighted by Crippen LogP contribution is 2.18. The topological polar surface area (TPSA) is 166 Å². The minimum absolute atomic E-state index is 0.101. The molecule has 33 heavy (non-hydrogen) atoms. The van der Waals surface area contributed by atoms with Gasteiger partial charge < -0.3 is 31.7 Å². The molecule has 0 unspecified atom stereocenters. The van der Waals surface area contributed by atoms with Crippen molar-refractivity contribution in [3.63, 3.8) is 0 Å². The molecule has 11 heteroatoms. The second-order valence-corrected chi connectivity index (χ2v) is 9.21. The Kier molecular flexibility index (Phi) is 11.3. The molecule has 0 aliphatic carbocycles. The number of hydrogen-bond acceptors (Lipinski definition) is 6. The number of carbonyl (C=O) groups is 5. The zero-order valence-electron chi connectivity index (χ0n) is 20.4. The molecule has 0 aromatic heterocycles. The van der Waals surface area contributed by atoms with E-state index in [1.165, 1.54) is 27.7 Å². The molecule has 6 N–H and O–H groups in total. The molecule has 6 atom stereocenters. The fourth-order valence-electron chi connectivity index (χ4n) is 3.59. The number of nitrogens with one attached hydrogen (secondary N) is 5. The molecule has 1 rings (SSSR count). The Labute approximate surface area is 195 Å². The van der Waals surface area contributed by atoms with Crippen LogP contribution in [0.15, 0.2) is 0 Å². The number of amides is 5. The van der Waals surface area contributed by atoms with Crippen molar-refractivity contribution in [1.82, 2.24) is 26.6 Å². The van der Waals surface area contributed by atoms with Crippen molar-refractivity contribution in [3.05, 3.63) is 0 Å². The molecule has 188 valence electrons. The molecule has 1 aliphatic rings. The fraction of sp³-hybridized carbons (Fsp3) is 0.773. The summed E-state index contributed by atoms with van der Waals surface area (Å²) in [4.78, 5) is 60.8. The van der Waals surface area contributed by atoms with Crippen molar-refractivity contribution in [2.45, 2.75) is 91.1 Å². The SMILES string of the molecule is CC(=O)N[C@@H](CC(C)C)C(=O)N[C@@H](C)C(=O)N[C@@H](C)C(=O)N[C@@H](C[C@@H]1CCNC1=O)[C@@H](C)O. The number of aliphatic hydroxyl groups excluding tert-OH is 1. The summed E-state index contributed by atoms with van der Waals surface area (Å²) in [7, 11) is 0. The molecule has 0 saturated carbocycles. The number of carbonyl (C=O) groups excluding carboxylic acids is 5. The minimum atomic E-state index is -0.939. The van der Waals surface area contributed by atoms with E-state index in [2.05, 4.69) is 26.6 Å². The Morgan fingerprint density at radius 1 is 0.939 bits per heavy atom. The molecule has 0 aromatic carbocycles. The Morgan fingerprint density at radius 2 is 1.48 bits per heavy atom. The van der Waals surface area contributed by atoms with E-state index in [0.717, 1.165) is 0 Å². The Hall–Kier alpha value is -2.69. The summed E-state index contributed by atoms with van der Waals surface area (Å²) in [5.74, 6) is -2.15. The van der Waals surface area contributed by atoms with Crippen LogP contribution in [0.25, 0.3) is 0 Å². The van der Waals surface area contributed by atoms with Crippen molar-refractivity contribution < 1.29 is 29.1 Å². The summed E-state index contributed by atoms with van der Waals surface area (Å²) >= 11 is 0. The van der Waals surface area contributed by atoms with E-state index in [-0.39, 0.29) is 23.7 Å². The van der Waals surface area contributed by atoms with Crippen LogP contribution in [0.2, 0.25) is 0 Å². The van der Waals surface area contributed by atoms with Crippen LogP contribution in [-0.2, 0) is 24.0 Å². The van der Waals surface area contributed by atoms with Gasteiger partial charge in [0, 0.05) is 19.4 Å². The van der Waals surface area contributed by atoms with E-state index < -0.39 is 48.0 Å². The van der Waals surface area contributed by atoms with Gasteiger partial charge in [0.2, 0.25) is 29.5 Å². The first-order valence-electron chi connectivity index (χ1n) is 11.5. The smallest absolute Gasteiger partial charge is 0.243 e. The third-order valence-electron chi connectivity index (χ3n) is 5.52. The molecule has 1 saturated heterocycles. The van der Waals surface area contributed by atoms with Gasteiger partial charge in [0.15, 0.2) is 0 Å². The maximum Gasteiger partial charge on any atom is 0.243 e. The van der Waals surface area contributed by atoms with Gasteiger partial charge in [0.1, 0.15) is 18.1 Å². The maximum atomic E-state index is 12.6. The van der Waals surface area contributed by atoms with E-state index >= 15 is 0 Å². The van der Waals surface area contributed by atoms with Crippen LogP contribution >= 0.6 is 0 Å². The highest BCUT2D eigenvalue weighted by atomic mass is 16.3. The van der Waals surface area contributed by atoms with Gasteiger partial charge in [-0.1, -0.05) is 13.8 Å². The quantitative estimate of drug-likeness (QED) is 0.213. The first kappa shape index (κ1) is 28.3. The summed E-state index contributed by atoms with van der Waals surface area (Å²) in [6.45, 7) is 10.2. The van der Waals surface area contributed by atoms with Crippen LogP contribution in [0.4, 0.5) is 0 Å². The van der Waals surface area contributed by atoms with Crippen molar-refractivity contribution in [1.29, 1.82) is 0 Å². The van der Waals surface area contributed by atoms with E-state index in [4.69, 9.17) is 0 Å². The minimum Gasteiger partial charge on any atom is -0.391 e. The van der Waals surface area contributed by atoms with E-state index in [1.54, 1.807) is 0 Å². The second-order valence-electron chi connectivity index (χ2n) is 9.21. The lowest BCUT2D eigenvalue weighted by molar-refractivity contribution is -0.133. The molecule has 0 spiro atoms. The van der Waals surface area contributed by atoms with Gasteiger partial charge in [-0.05, 0) is 46.0 Å². The van der Waals surface area contributed by atoms with Gasteiger partial charge in [-0.15, -0.1) is 0 Å². The normalized spacial score (nSPS) is 20.1. The lowest BCUT2D eigenvalue weighted by Crippen LogP contribution is -2.56. The molecule has 11 nitrogen and oxygen atoms in total. The second kappa shape index (κ2) is 13.1. The first-order valence-corrected chi connectivity index (χ1v) is 11.5. The third kappa shape index (κ3) is 9.77. The van der Waals surface area contributed by atoms with Crippen LogP contribution in [0.1, 0.15) is 60.8 Å². The van der Waals surface area contributed by atoms with Gasteiger partial charge in [0.05, 0.1) is 12.1 Å². The van der Waals surface area contributed by atoms with Gasteiger partial charge in [0.25, 0.3) is 0 Å².